The minimum atomic E-state index is -1.72. The first kappa shape index (κ1) is 23.5. The molecule has 160 valence electrons. The summed E-state index contributed by atoms with van der Waals surface area (Å²) in [4.78, 5) is 32.8. The van der Waals surface area contributed by atoms with E-state index in [9.17, 15) is 19.6 Å². The van der Waals surface area contributed by atoms with Crippen LogP contribution in [0, 0.1) is 0 Å². The molecular formula is C20H27BN4O5. The lowest BCUT2D eigenvalue weighted by Crippen LogP contribution is -2.54. The molecule has 4 N–H and O–H groups in total. The largest absolute Gasteiger partial charge is 0.475 e. The van der Waals surface area contributed by atoms with Crippen LogP contribution < -0.4 is 10.6 Å². The van der Waals surface area contributed by atoms with Crippen LogP contribution in [0.4, 0.5) is 0 Å². The molecular weight excluding hydrogens is 387 g/mol. The molecule has 0 aliphatic carbocycles. The average Bonchev–Trinajstić information content (AvgIpc) is 2.76. The highest BCUT2D eigenvalue weighted by molar-refractivity contribution is 6.43. The predicted molar refractivity (Wildman–Crippen MR) is 111 cm³/mol. The summed E-state index contributed by atoms with van der Waals surface area (Å²) in [5, 5.41) is 24.6. The number of hydrogen-bond acceptors (Lipinski definition) is 7. The van der Waals surface area contributed by atoms with Gasteiger partial charge in [0.15, 0.2) is 0 Å². The summed E-state index contributed by atoms with van der Waals surface area (Å²) in [5.41, 5.74) is 1.21. The Morgan fingerprint density at radius 2 is 1.90 bits per heavy atom. The van der Waals surface area contributed by atoms with Crippen molar-refractivity contribution in [1.29, 1.82) is 0 Å². The molecule has 10 heteroatoms. The maximum Gasteiger partial charge on any atom is 0.475 e. The Labute approximate surface area is 176 Å². The normalized spacial score (nSPS) is 12.6. The monoisotopic (exact) mass is 414 g/mol. The van der Waals surface area contributed by atoms with E-state index in [-0.39, 0.29) is 18.7 Å². The van der Waals surface area contributed by atoms with Crippen LogP contribution in [0.15, 0.2) is 48.9 Å². The molecule has 0 aliphatic heterocycles. The zero-order valence-corrected chi connectivity index (χ0v) is 16.9. The van der Waals surface area contributed by atoms with Gasteiger partial charge in [-0.15, -0.1) is 0 Å². The Bertz CT molecular complexity index is 779. The van der Waals surface area contributed by atoms with Gasteiger partial charge in [0.1, 0.15) is 11.7 Å². The van der Waals surface area contributed by atoms with Gasteiger partial charge in [0.25, 0.3) is 5.91 Å². The molecule has 9 nitrogen and oxygen atoms in total. The number of nitrogens with zero attached hydrogens (tertiary/aromatic N) is 2. The average molecular weight is 414 g/mol. The van der Waals surface area contributed by atoms with E-state index in [1.807, 2.05) is 30.3 Å². The Kier molecular flexibility index (Phi) is 9.92. The van der Waals surface area contributed by atoms with Gasteiger partial charge in [-0.25, -0.2) is 4.98 Å². The van der Waals surface area contributed by atoms with Gasteiger partial charge in [-0.3, -0.25) is 14.6 Å². The van der Waals surface area contributed by atoms with Crippen LogP contribution in [-0.2, 0) is 16.0 Å². The van der Waals surface area contributed by atoms with Crippen LogP contribution >= 0.6 is 0 Å². The molecule has 0 bridgehead atoms. The van der Waals surface area contributed by atoms with Gasteiger partial charge in [-0.2, -0.15) is 0 Å². The van der Waals surface area contributed by atoms with E-state index in [2.05, 4.69) is 20.6 Å². The summed E-state index contributed by atoms with van der Waals surface area (Å²) in [6, 6.07) is 8.87. The first-order chi connectivity index (χ1) is 14.5. The number of nitrogens with one attached hydrogen (secondary N) is 2. The van der Waals surface area contributed by atoms with Crippen molar-refractivity contribution in [2.24, 2.45) is 0 Å². The smallest absolute Gasteiger partial charge is 0.426 e. The number of carbonyl (C=O) groups is 2. The van der Waals surface area contributed by atoms with Crippen molar-refractivity contribution in [2.45, 2.75) is 37.7 Å². The van der Waals surface area contributed by atoms with Crippen LogP contribution in [0.3, 0.4) is 0 Å². The topological polar surface area (TPSA) is 134 Å². The predicted octanol–water partition coefficient (Wildman–Crippen LogP) is 0.131. The second kappa shape index (κ2) is 12.7. The summed E-state index contributed by atoms with van der Waals surface area (Å²) < 4.78 is 5.02. The summed E-state index contributed by atoms with van der Waals surface area (Å²) in [5.74, 6) is -1.94. The van der Waals surface area contributed by atoms with Gasteiger partial charge < -0.3 is 25.4 Å². The number of rotatable bonds is 12. The maximum atomic E-state index is 12.7. The Morgan fingerprint density at radius 1 is 1.13 bits per heavy atom. The van der Waals surface area contributed by atoms with Gasteiger partial charge in [-0.05, 0) is 31.2 Å². The molecule has 1 aromatic heterocycles. The minimum Gasteiger partial charge on any atom is -0.426 e. The molecule has 2 amide bonds. The Morgan fingerprint density at radius 3 is 2.53 bits per heavy atom. The quantitative estimate of drug-likeness (QED) is 0.363. The van der Waals surface area contributed by atoms with Crippen molar-refractivity contribution in [3.63, 3.8) is 0 Å². The second-order valence-corrected chi connectivity index (χ2v) is 6.80. The fourth-order valence-corrected chi connectivity index (χ4v) is 2.90. The van der Waals surface area contributed by atoms with Crippen LogP contribution in [0.1, 0.15) is 35.3 Å². The van der Waals surface area contributed by atoms with Gasteiger partial charge in [-0.1, -0.05) is 30.3 Å². The van der Waals surface area contributed by atoms with Crippen molar-refractivity contribution in [1.82, 2.24) is 20.6 Å². The lowest BCUT2D eigenvalue weighted by Gasteiger charge is -2.23. The lowest BCUT2D eigenvalue weighted by molar-refractivity contribution is -0.123. The number of hydrogen-bond donors (Lipinski definition) is 4. The number of benzene rings is 1. The molecule has 2 atom stereocenters. The van der Waals surface area contributed by atoms with Gasteiger partial charge >= 0.3 is 7.12 Å². The van der Waals surface area contributed by atoms with Crippen molar-refractivity contribution < 1.29 is 24.4 Å². The van der Waals surface area contributed by atoms with Gasteiger partial charge in [0.2, 0.25) is 5.91 Å². The highest BCUT2D eigenvalue weighted by Gasteiger charge is 2.29. The van der Waals surface area contributed by atoms with Crippen LogP contribution in [0.5, 0.6) is 0 Å². The molecule has 30 heavy (non-hydrogen) atoms. The third kappa shape index (κ3) is 7.90. The number of amides is 2. The third-order valence-corrected chi connectivity index (χ3v) is 4.54. The Balaban J connectivity index is 1.95. The molecule has 2 rings (SSSR count). The lowest BCUT2D eigenvalue weighted by atomic mass is 9.76. The molecule has 1 aromatic carbocycles. The molecule has 0 saturated heterocycles. The van der Waals surface area contributed by atoms with Crippen LogP contribution in [-0.4, -0.2) is 64.6 Å². The molecule has 2 unspecified atom stereocenters. The summed E-state index contributed by atoms with van der Waals surface area (Å²) in [6.45, 7) is 0.235. The first-order valence-electron chi connectivity index (χ1n) is 9.77. The number of carbonyl (C=O) groups excluding carboxylic acids is 2. The van der Waals surface area contributed by atoms with E-state index < -0.39 is 30.9 Å². The molecule has 0 radical (unpaired) electrons. The Hall–Kier alpha value is -2.82. The van der Waals surface area contributed by atoms with Crippen molar-refractivity contribution >= 4 is 18.9 Å². The standard InChI is InChI=1S/C20H27BN4O5/c1-30-13-10-16(24-20(27)17-14-22-11-12-23-17)19(26)25-18(21(28)29)9-5-8-15-6-3-2-4-7-15/h2-4,6-7,11-12,14,16,18,28-29H,5,8-10,13H2,1H3,(H,24,27)(H,25,26). The summed E-state index contributed by atoms with van der Waals surface area (Å²) in [6.07, 6.45) is 6.10. The molecule has 0 saturated carbocycles. The zero-order chi connectivity index (χ0) is 21.8. The van der Waals surface area contributed by atoms with Crippen molar-refractivity contribution in [3.05, 3.63) is 60.2 Å². The molecule has 0 fully saturated rings. The second-order valence-electron chi connectivity index (χ2n) is 6.80. The number of ether oxygens (including phenoxy) is 1. The van der Waals surface area contributed by atoms with E-state index >= 15 is 0 Å². The SMILES string of the molecule is COCCC(NC(=O)c1cnccn1)C(=O)NC(CCCc1ccccc1)B(O)O. The summed E-state index contributed by atoms with van der Waals surface area (Å²) >= 11 is 0. The highest BCUT2D eigenvalue weighted by Crippen LogP contribution is 2.08. The maximum absolute atomic E-state index is 12.7. The van der Waals surface area contributed by atoms with Crippen LogP contribution in [0.2, 0.25) is 0 Å². The third-order valence-electron chi connectivity index (χ3n) is 4.54. The van der Waals surface area contributed by atoms with E-state index in [1.165, 1.54) is 25.7 Å². The zero-order valence-electron chi connectivity index (χ0n) is 16.9. The van der Waals surface area contributed by atoms with E-state index in [4.69, 9.17) is 4.74 Å². The van der Waals surface area contributed by atoms with Gasteiger partial charge in [0, 0.05) is 26.1 Å². The van der Waals surface area contributed by atoms with Crippen LogP contribution in [0.25, 0.3) is 0 Å². The number of methoxy groups -OCH3 is 1. The minimum absolute atomic E-state index is 0.0781. The fraction of sp³-hybridized carbons (Fsp3) is 0.400. The van der Waals surface area contributed by atoms with Crippen molar-refractivity contribution in [3.8, 4) is 0 Å². The van der Waals surface area contributed by atoms with E-state index in [0.717, 1.165) is 12.0 Å². The number of aromatic nitrogens is 2. The highest BCUT2D eigenvalue weighted by atomic mass is 16.5. The van der Waals surface area contributed by atoms with Crippen molar-refractivity contribution in [2.75, 3.05) is 13.7 Å². The molecule has 2 aromatic rings. The summed E-state index contributed by atoms with van der Waals surface area (Å²) in [7, 11) is -0.230. The molecule has 1 heterocycles. The molecule has 0 spiro atoms. The number of aryl methyl sites for hydroxylation is 1. The first-order valence-corrected chi connectivity index (χ1v) is 9.77. The van der Waals surface area contributed by atoms with E-state index in [0.29, 0.717) is 12.8 Å². The van der Waals surface area contributed by atoms with Gasteiger partial charge in [0.05, 0.1) is 12.1 Å². The van der Waals surface area contributed by atoms with E-state index in [1.54, 1.807) is 0 Å². The fourth-order valence-electron chi connectivity index (χ4n) is 2.90. The molecule has 0 aliphatic rings.